The molecule has 1 aliphatic rings. The first-order valence-electron chi connectivity index (χ1n) is 10.0. The van der Waals surface area contributed by atoms with E-state index in [1.807, 2.05) is 31.2 Å². The third-order valence-electron chi connectivity index (χ3n) is 5.52. The molecule has 0 heterocycles. The second-order valence-electron chi connectivity index (χ2n) is 7.45. The van der Waals surface area contributed by atoms with Crippen molar-refractivity contribution in [1.82, 2.24) is 0 Å². The minimum atomic E-state index is -4.49. The number of hydrogen-bond donors (Lipinski definition) is 0. The summed E-state index contributed by atoms with van der Waals surface area (Å²) in [7, 11) is 0. The van der Waals surface area contributed by atoms with Crippen molar-refractivity contribution in [3.05, 3.63) is 52.5 Å². The van der Waals surface area contributed by atoms with Gasteiger partial charge in [-0.05, 0) is 55.0 Å². The zero-order valence-corrected chi connectivity index (χ0v) is 17.7. The van der Waals surface area contributed by atoms with Gasteiger partial charge in [-0.1, -0.05) is 49.2 Å². The maximum atomic E-state index is 12.8. The Morgan fingerprint density at radius 1 is 1.13 bits per heavy atom. The first kappa shape index (κ1) is 22.5. The molecule has 1 saturated carbocycles. The highest BCUT2D eigenvalue weighted by Crippen LogP contribution is 2.49. The van der Waals surface area contributed by atoms with E-state index < -0.39 is 18.2 Å². The molecule has 0 aromatic heterocycles. The fraction of sp³-hybridized carbons (Fsp3) is 0.435. The van der Waals surface area contributed by atoms with Crippen molar-refractivity contribution in [1.29, 1.82) is 0 Å². The van der Waals surface area contributed by atoms with Gasteiger partial charge in [-0.15, -0.1) is 0 Å². The average molecular weight is 441 g/mol. The second-order valence-corrected chi connectivity index (χ2v) is 7.85. The van der Waals surface area contributed by atoms with Crippen LogP contribution in [0.15, 0.2) is 36.4 Å². The van der Waals surface area contributed by atoms with Gasteiger partial charge in [-0.25, -0.2) is 0 Å². The molecule has 3 nitrogen and oxygen atoms in total. The van der Waals surface area contributed by atoms with Crippen LogP contribution in [-0.4, -0.2) is 25.4 Å². The first-order chi connectivity index (χ1) is 14.2. The Hall–Kier alpha value is -2.21. The van der Waals surface area contributed by atoms with Gasteiger partial charge in [0, 0.05) is 5.56 Å². The molecular weight excluding hydrogens is 417 g/mol. The molecule has 3 rings (SSSR count). The van der Waals surface area contributed by atoms with E-state index in [-0.39, 0.29) is 23.3 Å². The lowest BCUT2D eigenvalue weighted by molar-refractivity contribution is -0.154. The van der Waals surface area contributed by atoms with Crippen LogP contribution in [0.1, 0.15) is 44.2 Å². The number of carbonyl (C=O) groups is 1. The molecule has 2 aromatic rings. The van der Waals surface area contributed by atoms with Crippen LogP contribution < -0.4 is 4.74 Å². The lowest BCUT2D eigenvalue weighted by Gasteiger charge is -2.40. The number of esters is 1. The van der Waals surface area contributed by atoms with Crippen LogP contribution in [0.2, 0.25) is 5.02 Å². The summed E-state index contributed by atoms with van der Waals surface area (Å²) in [4.78, 5) is 12.7. The van der Waals surface area contributed by atoms with E-state index in [0.717, 1.165) is 18.4 Å². The normalized spacial score (nSPS) is 15.4. The fourth-order valence-corrected chi connectivity index (χ4v) is 3.99. The number of rotatable bonds is 7. The van der Waals surface area contributed by atoms with Crippen LogP contribution in [0.4, 0.5) is 13.2 Å². The van der Waals surface area contributed by atoms with Gasteiger partial charge in [0.25, 0.3) is 0 Å². The summed E-state index contributed by atoms with van der Waals surface area (Å²) in [6.07, 6.45) is -1.57. The maximum absolute atomic E-state index is 12.8. The maximum Gasteiger partial charge on any atom is 0.422 e. The van der Waals surface area contributed by atoms with Crippen molar-refractivity contribution in [2.45, 2.75) is 51.1 Å². The molecule has 0 radical (unpaired) electrons. The van der Waals surface area contributed by atoms with Crippen LogP contribution in [0.25, 0.3) is 11.1 Å². The SMILES string of the molecule is CCOC(=O)C1(c2cc(Cl)c(OCC(F)(F)F)c(-c3ccc(CC)cc3)c2)CCC1. The van der Waals surface area contributed by atoms with Crippen molar-refractivity contribution in [3.8, 4) is 16.9 Å². The van der Waals surface area contributed by atoms with Crippen molar-refractivity contribution in [3.63, 3.8) is 0 Å². The molecule has 30 heavy (non-hydrogen) atoms. The fourth-order valence-electron chi connectivity index (χ4n) is 3.72. The van der Waals surface area contributed by atoms with Crippen LogP contribution >= 0.6 is 11.6 Å². The van der Waals surface area contributed by atoms with Crippen molar-refractivity contribution >= 4 is 17.6 Å². The van der Waals surface area contributed by atoms with Gasteiger partial charge in [0.15, 0.2) is 6.61 Å². The van der Waals surface area contributed by atoms with E-state index in [1.165, 1.54) is 6.07 Å². The highest BCUT2D eigenvalue weighted by Gasteiger charge is 2.47. The lowest BCUT2D eigenvalue weighted by atomic mass is 9.64. The van der Waals surface area contributed by atoms with E-state index in [0.29, 0.717) is 29.5 Å². The molecule has 0 aliphatic heterocycles. The molecule has 162 valence electrons. The molecule has 0 amide bonds. The van der Waals surface area contributed by atoms with Gasteiger partial charge in [-0.2, -0.15) is 13.2 Å². The minimum Gasteiger partial charge on any atom is -0.482 e. The van der Waals surface area contributed by atoms with Crippen LogP contribution in [0, 0.1) is 0 Å². The van der Waals surface area contributed by atoms with E-state index in [2.05, 4.69) is 0 Å². The van der Waals surface area contributed by atoms with Crippen molar-refractivity contribution in [2.24, 2.45) is 0 Å². The van der Waals surface area contributed by atoms with Gasteiger partial charge < -0.3 is 9.47 Å². The zero-order chi connectivity index (χ0) is 21.9. The Bertz CT molecular complexity index is 903. The van der Waals surface area contributed by atoms with Gasteiger partial charge in [0.2, 0.25) is 0 Å². The average Bonchev–Trinajstić information content (AvgIpc) is 2.65. The summed E-state index contributed by atoms with van der Waals surface area (Å²) in [6.45, 7) is 2.57. The van der Waals surface area contributed by atoms with Crippen LogP contribution in [0.5, 0.6) is 5.75 Å². The molecule has 2 aromatic carbocycles. The summed E-state index contributed by atoms with van der Waals surface area (Å²) in [5.41, 5.74) is 2.03. The van der Waals surface area contributed by atoms with Crippen LogP contribution in [-0.2, 0) is 21.4 Å². The Labute approximate surface area is 179 Å². The third kappa shape index (κ3) is 4.59. The predicted octanol–water partition coefficient (Wildman–Crippen LogP) is 6.50. The molecule has 7 heteroatoms. The van der Waals surface area contributed by atoms with E-state index in [4.69, 9.17) is 21.1 Å². The Balaban J connectivity index is 2.10. The highest BCUT2D eigenvalue weighted by atomic mass is 35.5. The minimum absolute atomic E-state index is 0.0414. The quantitative estimate of drug-likeness (QED) is 0.461. The third-order valence-corrected chi connectivity index (χ3v) is 5.80. The Morgan fingerprint density at radius 2 is 1.80 bits per heavy atom. The highest BCUT2D eigenvalue weighted by molar-refractivity contribution is 6.32. The molecule has 0 bridgehead atoms. The molecule has 1 aliphatic carbocycles. The van der Waals surface area contributed by atoms with E-state index in [9.17, 15) is 18.0 Å². The lowest BCUT2D eigenvalue weighted by Crippen LogP contribution is -2.43. The van der Waals surface area contributed by atoms with Gasteiger partial charge >= 0.3 is 12.1 Å². The largest absolute Gasteiger partial charge is 0.482 e. The molecule has 0 unspecified atom stereocenters. The number of halogens is 4. The summed E-state index contributed by atoms with van der Waals surface area (Å²) >= 11 is 6.40. The van der Waals surface area contributed by atoms with E-state index >= 15 is 0 Å². The number of carbonyl (C=O) groups excluding carboxylic acids is 1. The van der Waals surface area contributed by atoms with Gasteiger partial charge in [0.05, 0.1) is 17.0 Å². The molecule has 0 spiro atoms. The van der Waals surface area contributed by atoms with E-state index in [1.54, 1.807) is 13.0 Å². The first-order valence-corrected chi connectivity index (χ1v) is 10.4. The second kappa shape index (κ2) is 8.88. The smallest absolute Gasteiger partial charge is 0.422 e. The number of alkyl halides is 3. The Kier molecular flexibility index (Phi) is 6.65. The van der Waals surface area contributed by atoms with Crippen molar-refractivity contribution in [2.75, 3.05) is 13.2 Å². The summed E-state index contributed by atoms with van der Waals surface area (Å²) in [5.74, 6) is -0.371. The van der Waals surface area contributed by atoms with Gasteiger partial charge in [0.1, 0.15) is 5.75 Å². The van der Waals surface area contributed by atoms with Gasteiger partial charge in [-0.3, -0.25) is 4.79 Å². The molecule has 0 saturated heterocycles. The molecule has 1 fully saturated rings. The zero-order valence-electron chi connectivity index (χ0n) is 16.9. The van der Waals surface area contributed by atoms with Crippen molar-refractivity contribution < 1.29 is 27.4 Å². The molecule has 0 atom stereocenters. The number of ether oxygens (including phenoxy) is 2. The van der Waals surface area contributed by atoms with Crippen LogP contribution in [0.3, 0.4) is 0 Å². The summed E-state index contributed by atoms with van der Waals surface area (Å²) in [5, 5.41) is 0.0434. The number of hydrogen-bond acceptors (Lipinski definition) is 3. The summed E-state index contributed by atoms with van der Waals surface area (Å²) in [6, 6.07) is 10.7. The number of benzene rings is 2. The predicted molar refractivity (Wildman–Crippen MR) is 110 cm³/mol. The Morgan fingerprint density at radius 3 is 2.30 bits per heavy atom. The molecular formula is C23H24ClF3O3. The monoisotopic (exact) mass is 440 g/mol. The topological polar surface area (TPSA) is 35.5 Å². The standard InChI is InChI=1S/C23H24ClF3O3/c1-3-15-6-8-16(9-7-15)18-12-17(22(10-5-11-22)21(28)29-4-2)13-19(24)20(18)30-14-23(25,26)27/h6-9,12-13H,3-5,10-11,14H2,1-2H3. The summed E-state index contributed by atoms with van der Waals surface area (Å²) < 4.78 is 48.8. The molecule has 0 N–H and O–H groups in total. The number of aryl methyl sites for hydroxylation is 1.